The highest BCUT2D eigenvalue weighted by Crippen LogP contribution is 2.13. The molecule has 0 aliphatic heterocycles. The molecular formula is C11H15N3O3. The van der Waals surface area contributed by atoms with Gasteiger partial charge in [0, 0.05) is 19.2 Å². The van der Waals surface area contributed by atoms with Gasteiger partial charge in [-0.15, -0.1) is 0 Å². The molecular weight excluding hydrogens is 222 g/mol. The highest BCUT2D eigenvalue weighted by atomic mass is 16.6. The first-order valence-electron chi connectivity index (χ1n) is 5.42. The van der Waals surface area contributed by atoms with Crippen molar-refractivity contribution in [1.82, 2.24) is 9.88 Å². The summed E-state index contributed by atoms with van der Waals surface area (Å²) in [6.07, 6.45) is 0. The van der Waals surface area contributed by atoms with Crippen molar-refractivity contribution in [3.8, 4) is 0 Å². The predicted octanol–water partition coefficient (Wildman–Crippen LogP) is 1.78. The van der Waals surface area contributed by atoms with Crippen LogP contribution >= 0.6 is 0 Å². The lowest BCUT2D eigenvalue weighted by molar-refractivity contribution is -0.389. The average Bonchev–Trinajstić information content (AvgIpc) is 2.29. The number of carbonyl (C=O) groups excluding carboxylic acids is 1. The Bertz CT molecular complexity index is 442. The largest absolute Gasteiger partial charge is 0.364 e. The fourth-order valence-corrected chi connectivity index (χ4v) is 1.52. The first-order chi connectivity index (χ1) is 7.99. The number of amides is 1. The van der Waals surface area contributed by atoms with Crippen molar-refractivity contribution in [3.05, 3.63) is 33.5 Å². The van der Waals surface area contributed by atoms with Crippen LogP contribution in [0.4, 0.5) is 5.82 Å². The monoisotopic (exact) mass is 237 g/mol. The van der Waals surface area contributed by atoms with Crippen molar-refractivity contribution < 1.29 is 9.72 Å². The van der Waals surface area contributed by atoms with E-state index >= 15 is 0 Å². The van der Waals surface area contributed by atoms with E-state index in [9.17, 15) is 14.9 Å². The van der Waals surface area contributed by atoms with Crippen molar-refractivity contribution in [3.63, 3.8) is 0 Å². The van der Waals surface area contributed by atoms with Crippen molar-refractivity contribution in [2.75, 3.05) is 13.1 Å². The van der Waals surface area contributed by atoms with Gasteiger partial charge in [-0.2, -0.15) is 0 Å². The SMILES string of the molecule is CCN(CC)C(=O)c1cc(C)cc([N+](=O)[O-])n1. The lowest BCUT2D eigenvalue weighted by atomic mass is 10.2. The molecule has 1 heterocycles. The second-order valence-electron chi connectivity index (χ2n) is 3.62. The summed E-state index contributed by atoms with van der Waals surface area (Å²) < 4.78 is 0. The molecule has 0 aliphatic carbocycles. The third-order valence-electron chi connectivity index (χ3n) is 2.41. The third-order valence-corrected chi connectivity index (χ3v) is 2.41. The minimum atomic E-state index is -0.591. The van der Waals surface area contributed by atoms with Crippen LogP contribution in [0.5, 0.6) is 0 Å². The van der Waals surface area contributed by atoms with Gasteiger partial charge >= 0.3 is 5.82 Å². The summed E-state index contributed by atoms with van der Waals surface area (Å²) in [4.78, 5) is 27.4. The first kappa shape index (κ1) is 13.1. The first-order valence-corrected chi connectivity index (χ1v) is 5.42. The standard InChI is InChI=1S/C11H15N3O3/c1-4-13(5-2)11(15)9-6-8(3)7-10(12-9)14(16)17/h6-7H,4-5H2,1-3H3. The average molecular weight is 237 g/mol. The summed E-state index contributed by atoms with van der Waals surface area (Å²) in [7, 11) is 0. The van der Waals surface area contributed by atoms with E-state index in [1.54, 1.807) is 17.9 Å². The number of aromatic nitrogens is 1. The number of hydrogen-bond donors (Lipinski definition) is 0. The van der Waals surface area contributed by atoms with Gasteiger partial charge in [-0.3, -0.25) is 4.79 Å². The maximum Gasteiger partial charge on any atom is 0.364 e. The number of nitro groups is 1. The van der Waals surface area contributed by atoms with Crippen LogP contribution in [0.3, 0.4) is 0 Å². The molecule has 0 aliphatic rings. The maximum atomic E-state index is 12.0. The Hall–Kier alpha value is -1.98. The second-order valence-corrected chi connectivity index (χ2v) is 3.62. The van der Waals surface area contributed by atoms with Gasteiger partial charge in [0.15, 0.2) is 0 Å². The minimum absolute atomic E-state index is 0.125. The smallest absolute Gasteiger partial charge is 0.358 e. The Morgan fingerprint density at radius 2 is 2.00 bits per heavy atom. The maximum absolute atomic E-state index is 12.0. The predicted molar refractivity (Wildman–Crippen MR) is 62.9 cm³/mol. The molecule has 6 heteroatoms. The molecule has 0 spiro atoms. The summed E-state index contributed by atoms with van der Waals surface area (Å²) in [5, 5.41) is 10.7. The van der Waals surface area contributed by atoms with Gasteiger partial charge in [-0.05, 0) is 42.3 Å². The lowest BCUT2D eigenvalue weighted by Gasteiger charge is -2.16. The van der Waals surface area contributed by atoms with Crippen LogP contribution in [-0.4, -0.2) is 33.8 Å². The number of nitrogens with zero attached hydrogens (tertiary/aromatic N) is 3. The summed E-state index contributed by atoms with van der Waals surface area (Å²) in [5.74, 6) is -0.567. The molecule has 0 radical (unpaired) electrons. The van der Waals surface area contributed by atoms with Crippen LogP contribution in [0.15, 0.2) is 12.1 Å². The van der Waals surface area contributed by atoms with Gasteiger partial charge in [0.05, 0.1) is 0 Å². The molecule has 1 amide bonds. The van der Waals surface area contributed by atoms with Gasteiger partial charge in [0.1, 0.15) is 0 Å². The van der Waals surface area contributed by atoms with Crippen LogP contribution < -0.4 is 0 Å². The zero-order valence-electron chi connectivity index (χ0n) is 10.1. The molecule has 0 N–H and O–H groups in total. The van der Waals surface area contributed by atoms with Gasteiger partial charge < -0.3 is 15.0 Å². The van der Waals surface area contributed by atoms with E-state index in [0.717, 1.165) is 0 Å². The quantitative estimate of drug-likeness (QED) is 0.590. The molecule has 6 nitrogen and oxygen atoms in total. The summed E-state index contributed by atoms with van der Waals surface area (Å²) >= 11 is 0. The lowest BCUT2D eigenvalue weighted by Crippen LogP contribution is -2.31. The van der Waals surface area contributed by atoms with E-state index in [0.29, 0.717) is 18.7 Å². The van der Waals surface area contributed by atoms with Crippen LogP contribution in [0, 0.1) is 17.0 Å². The normalized spacial score (nSPS) is 10.1. The molecule has 0 atom stereocenters. The minimum Gasteiger partial charge on any atom is -0.358 e. The summed E-state index contributed by atoms with van der Waals surface area (Å²) in [5.41, 5.74) is 0.780. The number of pyridine rings is 1. The molecule has 1 aromatic rings. The molecule has 0 saturated heterocycles. The number of rotatable bonds is 4. The Balaban J connectivity index is 3.13. The number of hydrogen-bond acceptors (Lipinski definition) is 4. The highest BCUT2D eigenvalue weighted by molar-refractivity contribution is 5.92. The van der Waals surface area contributed by atoms with Gasteiger partial charge in [0.2, 0.25) is 5.69 Å². The van der Waals surface area contributed by atoms with E-state index < -0.39 is 4.92 Å². The number of aryl methyl sites for hydroxylation is 1. The van der Waals surface area contributed by atoms with Crippen LogP contribution in [0.2, 0.25) is 0 Å². The van der Waals surface area contributed by atoms with Crippen LogP contribution in [-0.2, 0) is 0 Å². The van der Waals surface area contributed by atoms with E-state index in [2.05, 4.69) is 4.98 Å². The van der Waals surface area contributed by atoms with Gasteiger partial charge in [0.25, 0.3) is 5.91 Å². The third kappa shape index (κ3) is 2.99. The van der Waals surface area contributed by atoms with Crippen molar-refractivity contribution in [2.24, 2.45) is 0 Å². The van der Waals surface area contributed by atoms with E-state index in [-0.39, 0.29) is 17.4 Å². The Morgan fingerprint density at radius 1 is 1.41 bits per heavy atom. The van der Waals surface area contributed by atoms with Crippen molar-refractivity contribution >= 4 is 11.7 Å². The highest BCUT2D eigenvalue weighted by Gasteiger charge is 2.21. The Kier molecular flexibility index (Phi) is 4.14. The molecule has 0 bridgehead atoms. The molecule has 0 saturated carbocycles. The zero-order valence-corrected chi connectivity index (χ0v) is 10.1. The fraction of sp³-hybridized carbons (Fsp3) is 0.455. The molecule has 0 fully saturated rings. The van der Waals surface area contributed by atoms with Crippen LogP contribution in [0.25, 0.3) is 0 Å². The van der Waals surface area contributed by atoms with E-state index in [4.69, 9.17) is 0 Å². The van der Waals surface area contributed by atoms with Crippen molar-refractivity contribution in [1.29, 1.82) is 0 Å². The molecule has 1 aromatic heterocycles. The Labute approximate surface area is 99.4 Å². The topological polar surface area (TPSA) is 76.3 Å². The summed E-state index contributed by atoms with van der Waals surface area (Å²) in [6, 6.07) is 2.91. The van der Waals surface area contributed by atoms with E-state index in [1.165, 1.54) is 6.07 Å². The van der Waals surface area contributed by atoms with Gasteiger partial charge in [-0.25, -0.2) is 0 Å². The molecule has 1 rings (SSSR count). The molecule has 0 unspecified atom stereocenters. The van der Waals surface area contributed by atoms with Crippen molar-refractivity contribution in [2.45, 2.75) is 20.8 Å². The zero-order chi connectivity index (χ0) is 13.0. The molecule has 92 valence electrons. The Morgan fingerprint density at radius 3 is 2.47 bits per heavy atom. The molecule has 17 heavy (non-hydrogen) atoms. The van der Waals surface area contributed by atoms with Crippen LogP contribution in [0.1, 0.15) is 29.9 Å². The fourth-order valence-electron chi connectivity index (χ4n) is 1.52. The second kappa shape index (κ2) is 5.38. The summed E-state index contributed by atoms with van der Waals surface area (Å²) in [6.45, 7) is 6.52. The molecule has 0 aromatic carbocycles. The van der Waals surface area contributed by atoms with E-state index in [1.807, 2.05) is 13.8 Å². The van der Waals surface area contributed by atoms with Gasteiger partial charge in [-0.1, -0.05) is 0 Å². The number of carbonyl (C=O) groups is 1.